The predicted octanol–water partition coefficient (Wildman–Crippen LogP) is 6.79. The number of rotatable bonds is 17. The molecule has 29 heavy (non-hydrogen) atoms. The summed E-state index contributed by atoms with van der Waals surface area (Å²) in [5, 5.41) is 0. The van der Waals surface area contributed by atoms with E-state index in [0.717, 1.165) is 31.2 Å². The molecule has 0 spiro atoms. The van der Waals surface area contributed by atoms with Crippen LogP contribution in [-0.4, -0.2) is 18.5 Å². The molecular formula is C25H40O4. The number of ether oxygens (including phenoxy) is 2. The highest BCUT2D eigenvalue weighted by Gasteiger charge is 2.10. The van der Waals surface area contributed by atoms with Gasteiger partial charge in [-0.1, -0.05) is 89.8 Å². The second-order valence-electron chi connectivity index (χ2n) is 7.73. The van der Waals surface area contributed by atoms with Crippen LogP contribution in [0, 0.1) is 0 Å². The van der Waals surface area contributed by atoms with E-state index in [1.54, 1.807) is 0 Å². The van der Waals surface area contributed by atoms with Crippen molar-refractivity contribution in [2.45, 2.75) is 104 Å². The number of carbonyl (C=O) groups is 2. The van der Waals surface area contributed by atoms with Crippen LogP contribution in [0.15, 0.2) is 24.3 Å². The lowest BCUT2D eigenvalue weighted by atomic mass is 10.1. The van der Waals surface area contributed by atoms with Crippen LogP contribution in [0.3, 0.4) is 0 Å². The molecule has 1 rings (SSSR count). The highest BCUT2D eigenvalue weighted by Crippen LogP contribution is 2.20. The van der Waals surface area contributed by atoms with Crippen LogP contribution >= 0.6 is 0 Å². The van der Waals surface area contributed by atoms with E-state index in [1.807, 2.05) is 24.3 Å². The molecule has 0 aliphatic heterocycles. The van der Waals surface area contributed by atoms with E-state index in [4.69, 9.17) is 9.47 Å². The van der Waals surface area contributed by atoms with E-state index in [0.29, 0.717) is 18.8 Å². The third-order valence-electron chi connectivity index (χ3n) is 4.99. The van der Waals surface area contributed by atoms with E-state index in [1.165, 1.54) is 44.9 Å². The molecule has 0 radical (unpaired) electrons. The number of esters is 2. The minimum absolute atomic E-state index is 0.219. The van der Waals surface area contributed by atoms with Crippen LogP contribution < -0.4 is 4.74 Å². The molecular weight excluding hydrogens is 364 g/mol. The zero-order chi connectivity index (χ0) is 21.2. The van der Waals surface area contributed by atoms with Gasteiger partial charge in [0, 0.05) is 12.8 Å². The molecule has 4 heteroatoms. The Labute approximate surface area is 177 Å². The molecule has 1 aromatic carbocycles. The van der Waals surface area contributed by atoms with Crippen molar-refractivity contribution in [2.24, 2.45) is 0 Å². The lowest BCUT2D eigenvalue weighted by Gasteiger charge is -2.09. The number of para-hydroxylation sites is 1. The number of aryl methyl sites for hydroxylation is 1. The van der Waals surface area contributed by atoms with Crippen molar-refractivity contribution < 1.29 is 19.1 Å². The molecule has 0 heterocycles. The Balaban J connectivity index is 2.03. The quantitative estimate of drug-likeness (QED) is 0.163. The van der Waals surface area contributed by atoms with Crippen LogP contribution in [0.2, 0.25) is 0 Å². The Morgan fingerprint density at radius 1 is 0.724 bits per heavy atom. The van der Waals surface area contributed by atoms with Gasteiger partial charge in [-0.25, -0.2) is 0 Å². The highest BCUT2D eigenvalue weighted by atomic mass is 16.5. The van der Waals surface area contributed by atoms with E-state index < -0.39 is 0 Å². The molecule has 0 unspecified atom stereocenters. The molecule has 0 saturated carbocycles. The van der Waals surface area contributed by atoms with Crippen molar-refractivity contribution in [3.05, 3.63) is 29.8 Å². The standard InChI is InChI=1S/C25H40O4/c1-3-5-6-7-8-9-10-11-14-21-28-24(26)19-15-20-25(27)29-23-18-13-12-17-22(23)16-4-2/h12-13,17-18H,3-11,14-16,19-21H2,1-2H3. The Hall–Kier alpha value is -1.84. The largest absolute Gasteiger partial charge is 0.466 e. The van der Waals surface area contributed by atoms with Gasteiger partial charge in [-0.05, 0) is 30.9 Å². The summed E-state index contributed by atoms with van der Waals surface area (Å²) in [6, 6.07) is 7.62. The zero-order valence-corrected chi connectivity index (χ0v) is 18.5. The topological polar surface area (TPSA) is 52.6 Å². The summed E-state index contributed by atoms with van der Waals surface area (Å²) in [4.78, 5) is 23.8. The molecule has 0 aliphatic rings. The minimum atomic E-state index is -0.291. The lowest BCUT2D eigenvalue weighted by molar-refractivity contribution is -0.144. The number of hydrogen-bond acceptors (Lipinski definition) is 4. The van der Waals surface area contributed by atoms with Gasteiger partial charge < -0.3 is 9.47 Å². The van der Waals surface area contributed by atoms with Gasteiger partial charge in [-0.3, -0.25) is 9.59 Å². The van der Waals surface area contributed by atoms with Gasteiger partial charge in [0.15, 0.2) is 0 Å². The molecule has 0 fully saturated rings. The second-order valence-corrected chi connectivity index (χ2v) is 7.73. The average molecular weight is 405 g/mol. The van der Waals surface area contributed by atoms with Crippen molar-refractivity contribution in [2.75, 3.05) is 6.61 Å². The maximum absolute atomic E-state index is 12.0. The third-order valence-corrected chi connectivity index (χ3v) is 4.99. The van der Waals surface area contributed by atoms with Crippen molar-refractivity contribution in [1.82, 2.24) is 0 Å². The summed E-state index contributed by atoms with van der Waals surface area (Å²) >= 11 is 0. The van der Waals surface area contributed by atoms with Crippen molar-refractivity contribution in [3.63, 3.8) is 0 Å². The Kier molecular flexibility index (Phi) is 14.8. The molecule has 0 bridgehead atoms. The monoisotopic (exact) mass is 404 g/mol. The fourth-order valence-electron chi connectivity index (χ4n) is 3.30. The summed E-state index contributed by atoms with van der Waals surface area (Å²) in [5.74, 6) is 0.122. The van der Waals surface area contributed by atoms with Crippen molar-refractivity contribution in [1.29, 1.82) is 0 Å². The molecule has 0 N–H and O–H groups in total. The zero-order valence-electron chi connectivity index (χ0n) is 18.5. The Morgan fingerprint density at radius 2 is 1.34 bits per heavy atom. The van der Waals surface area contributed by atoms with Gasteiger partial charge in [0.1, 0.15) is 5.75 Å². The first-order valence-electron chi connectivity index (χ1n) is 11.6. The number of hydrogen-bond donors (Lipinski definition) is 0. The maximum atomic E-state index is 12.0. The highest BCUT2D eigenvalue weighted by molar-refractivity contribution is 5.74. The van der Waals surface area contributed by atoms with Crippen LogP contribution in [0.5, 0.6) is 5.75 Å². The summed E-state index contributed by atoms with van der Waals surface area (Å²) in [5.41, 5.74) is 1.05. The first-order valence-corrected chi connectivity index (χ1v) is 11.6. The molecule has 0 atom stereocenters. The SMILES string of the molecule is CCCCCCCCCCCOC(=O)CCCC(=O)Oc1ccccc1CCC. The van der Waals surface area contributed by atoms with Gasteiger partial charge in [-0.15, -0.1) is 0 Å². The van der Waals surface area contributed by atoms with Crippen molar-refractivity contribution >= 4 is 11.9 Å². The Bertz CT molecular complexity index is 568. The number of unbranched alkanes of at least 4 members (excludes halogenated alkanes) is 8. The second kappa shape index (κ2) is 17.1. The van der Waals surface area contributed by atoms with Crippen LogP contribution in [0.1, 0.15) is 103 Å². The molecule has 1 aromatic rings. The molecule has 0 saturated heterocycles. The molecule has 0 amide bonds. The molecule has 4 nitrogen and oxygen atoms in total. The summed E-state index contributed by atoms with van der Waals surface area (Å²) in [6.45, 7) is 4.82. The summed E-state index contributed by atoms with van der Waals surface area (Å²) < 4.78 is 10.7. The number of carbonyl (C=O) groups excluding carboxylic acids is 2. The fourth-order valence-corrected chi connectivity index (χ4v) is 3.30. The van der Waals surface area contributed by atoms with Crippen LogP contribution in [-0.2, 0) is 20.7 Å². The van der Waals surface area contributed by atoms with Gasteiger partial charge >= 0.3 is 11.9 Å². The van der Waals surface area contributed by atoms with Crippen molar-refractivity contribution in [3.8, 4) is 5.75 Å². The lowest BCUT2D eigenvalue weighted by Crippen LogP contribution is -2.11. The normalized spacial score (nSPS) is 10.7. The van der Waals surface area contributed by atoms with E-state index >= 15 is 0 Å². The fraction of sp³-hybridized carbons (Fsp3) is 0.680. The number of benzene rings is 1. The summed E-state index contributed by atoms with van der Waals surface area (Å²) in [7, 11) is 0. The van der Waals surface area contributed by atoms with Gasteiger partial charge in [-0.2, -0.15) is 0 Å². The third kappa shape index (κ3) is 13.1. The molecule has 0 aromatic heterocycles. The van der Waals surface area contributed by atoms with Gasteiger partial charge in [0.05, 0.1) is 6.61 Å². The minimum Gasteiger partial charge on any atom is -0.466 e. The van der Waals surface area contributed by atoms with Crippen LogP contribution in [0.4, 0.5) is 0 Å². The smallest absolute Gasteiger partial charge is 0.311 e. The first-order chi connectivity index (χ1) is 14.2. The van der Waals surface area contributed by atoms with E-state index in [9.17, 15) is 9.59 Å². The predicted molar refractivity (Wildman–Crippen MR) is 118 cm³/mol. The average Bonchev–Trinajstić information content (AvgIpc) is 2.71. The van der Waals surface area contributed by atoms with Gasteiger partial charge in [0.25, 0.3) is 0 Å². The van der Waals surface area contributed by atoms with E-state index in [2.05, 4.69) is 13.8 Å². The van der Waals surface area contributed by atoms with Crippen LogP contribution in [0.25, 0.3) is 0 Å². The van der Waals surface area contributed by atoms with Gasteiger partial charge in [0.2, 0.25) is 0 Å². The summed E-state index contributed by atoms with van der Waals surface area (Å²) in [6.07, 6.45) is 14.0. The molecule has 0 aliphatic carbocycles. The molecule has 164 valence electrons. The van der Waals surface area contributed by atoms with E-state index in [-0.39, 0.29) is 24.8 Å². The maximum Gasteiger partial charge on any atom is 0.311 e. The Morgan fingerprint density at radius 3 is 2.03 bits per heavy atom. The first kappa shape index (κ1) is 25.2.